The van der Waals surface area contributed by atoms with Gasteiger partial charge in [0, 0.05) is 6.54 Å². The van der Waals surface area contributed by atoms with E-state index in [-0.39, 0.29) is 17.6 Å². The maximum Gasteiger partial charge on any atom is 0.328 e. The minimum atomic E-state index is -0.383. The Kier molecular flexibility index (Phi) is 3.90. The minimum Gasteiger partial charge on any atom is -0.496 e. The van der Waals surface area contributed by atoms with Crippen LogP contribution in [0.5, 0.6) is 5.75 Å². The number of methoxy groups -OCH3 is 1. The van der Waals surface area contributed by atoms with Crippen LogP contribution in [0.2, 0.25) is 0 Å². The summed E-state index contributed by atoms with van der Waals surface area (Å²) in [5.41, 5.74) is 1.08. The van der Waals surface area contributed by atoms with E-state index in [9.17, 15) is 9.59 Å². The zero-order valence-electron chi connectivity index (χ0n) is 10.6. The predicted octanol–water partition coefficient (Wildman–Crippen LogP) is 2.37. The minimum absolute atomic E-state index is 0.281. The van der Waals surface area contributed by atoms with Gasteiger partial charge in [-0.15, -0.1) is 0 Å². The monoisotopic (exact) mass is 324 g/mol. The summed E-state index contributed by atoms with van der Waals surface area (Å²) in [6.07, 6.45) is 1.64. The van der Waals surface area contributed by atoms with Crippen molar-refractivity contribution in [1.29, 1.82) is 0 Å². The molecule has 1 heterocycles. The van der Waals surface area contributed by atoms with Crippen molar-refractivity contribution in [2.45, 2.75) is 6.92 Å². The summed E-state index contributed by atoms with van der Waals surface area (Å²) in [5.74, 6) is 0.401. The summed E-state index contributed by atoms with van der Waals surface area (Å²) < 4.78 is 5.92. The van der Waals surface area contributed by atoms with E-state index in [2.05, 4.69) is 21.2 Å². The lowest BCUT2D eigenvalue weighted by Gasteiger charge is -2.06. The van der Waals surface area contributed by atoms with Gasteiger partial charge < -0.3 is 10.1 Å². The van der Waals surface area contributed by atoms with Gasteiger partial charge in [0.15, 0.2) is 0 Å². The first kappa shape index (κ1) is 13.6. The Morgan fingerprint density at radius 2 is 2.16 bits per heavy atom. The van der Waals surface area contributed by atoms with Crippen LogP contribution in [0.4, 0.5) is 4.79 Å². The molecule has 0 bridgehead atoms. The Hall–Kier alpha value is -1.82. The van der Waals surface area contributed by atoms with E-state index in [1.54, 1.807) is 26.2 Å². The molecule has 0 aromatic heterocycles. The van der Waals surface area contributed by atoms with Gasteiger partial charge in [0.25, 0.3) is 5.91 Å². The number of carbonyl (C=O) groups is 2. The average Bonchev–Trinajstić information content (AvgIpc) is 2.64. The predicted molar refractivity (Wildman–Crippen MR) is 74.6 cm³/mol. The molecule has 1 aliphatic rings. The number of imide groups is 1. The molecule has 6 heteroatoms. The highest BCUT2D eigenvalue weighted by molar-refractivity contribution is 9.10. The van der Waals surface area contributed by atoms with Crippen LogP contribution in [0.1, 0.15) is 12.5 Å². The zero-order chi connectivity index (χ0) is 14.0. The number of nitrogens with one attached hydrogen (secondary N) is 1. The van der Waals surface area contributed by atoms with E-state index in [1.165, 1.54) is 0 Å². The second-order valence-corrected chi connectivity index (χ2v) is 4.79. The molecule has 1 N–H and O–H groups in total. The first-order chi connectivity index (χ1) is 9.06. The van der Waals surface area contributed by atoms with Gasteiger partial charge in [-0.1, -0.05) is 6.07 Å². The molecule has 1 fully saturated rings. The second kappa shape index (κ2) is 5.44. The molecule has 0 aliphatic carbocycles. The number of benzene rings is 1. The molecule has 2 rings (SSSR count). The number of carbonyl (C=O) groups excluding carboxylic acids is 2. The summed E-state index contributed by atoms with van der Waals surface area (Å²) in [4.78, 5) is 24.6. The summed E-state index contributed by atoms with van der Waals surface area (Å²) in [7, 11) is 1.58. The number of hydrogen-bond donors (Lipinski definition) is 1. The first-order valence-corrected chi connectivity index (χ1v) is 6.54. The number of ether oxygens (including phenoxy) is 1. The van der Waals surface area contributed by atoms with Gasteiger partial charge in [-0.05, 0) is 46.6 Å². The van der Waals surface area contributed by atoms with Crippen LogP contribution in [0.15, 0.2) is 28.4 Å². The molecule has 100 valence electrons. The van der Waals surface area contributed by atoms with Gasteiger partial charge >= 0.3 is 6.03 Å². The molecular weight excluding hydrogens is 312 g/mol. The smallest absolute Gasteiger partial charge is 0.328 e. The fourth-order valence-electron chi connectivity index (χ4n) is 1.80. The summed E-state index contributed by atoms with van der Waals surface area (Å²) in [6.45, 7) is 2.11. The van der Waals surface area contributed by atoms with Gasteiger partial charge in [-0.25, -0.2) is 4.79 Å². The quantitative estimate of drug-likeness (QED) is 0.686. The highest BCUT2D eigenvalue weighted by atomic mass is 79.9. The van der Waals surface area contributed by atoms with Crippen molar-refractivity contribution in [3.8, 4) is 5.75 Å². The van der Waals surface area contributed by atoms with Gasteiger partial charge in [-0.2, -0.15) is 0 Å². The molecule has 5 nitrogen and oxygen atoms in total. The molecule has 0 atom stereocenters. The fourth-order valence-corrected chi connectivity index (χ4v) is 2.36. The summed E-state index contributed by atoms with van der Waals surface area (Å²) >= 11 is 3.37. The van der Waals surface area contributed by atoms with Gasteiger partial charge in [0.05, 0.1) is 11.6 Å². The number of rotatable bonds is 3. The number of amides is 3. The normalized spacial score (nSPS) is 17.0. The topological polar surface area (TPSA) is 58.6 Å². The van der Waals surface area contributed by atoms with Crippen molar-refractivity contribution in [2.24, 2.45) is 0 Å². The lowest BCUT2D eigenvalue weighted by molar-refractivity contribution is -0.122. The largest absolute Gasteiger partial charge is 0.496 e. The Bertz CT molecular complexity index is 569. The Morgan fingerprint density at radius 3 is 2.68 bits per heavy atom. The molecule has 1 saturated heterocycles. The molecule has 1 aromatic rings. The number of halogens is 1. The van der Waals surface area contributed by atoms with Crippen molar-refractivity contribution in [2.75, 3.05) is 13.7 Å². The number of likely N-dealkylation sites (N-methyl/N-ethyl adjacent to an activating group) is 1. The molecule has 19 heavy (non-hydrogen) atoms. The maximum atomic E-state index is 11.9. The number of nitrogens with zero attached hydrogens (tertiary/aromatic N) is 1. The highest BCUT2D eigenvalue weighted by Crippen LogP contribution is 2.26. The third-order valence-electron chi connectivity index (χ3n) is 2.77. The molecule has 0 unspecified atom stereocenters. The van der Waals surface area contributed by atoms with E-state index in [0.29, 0.717) is 12.3 Å². The van der Waals surface area contributed by atoms with Crippen LogP contribution in [0.3, 0.4) is 0 Å². The maximum absolute atomic E-state index is 11.9. The third kappa shape index (κ3) is 2.63. The van der Waals surface area contributed by atoms with Crippen LogP contribution in [0, 0.1) is 0 Å². The van der Waals surface area contributed by atoms with E-state index < -0.39 is 0 Å². The van der Waals surface area contributed by atoms with Crippen LogP contribution < -0.4 is 10.1 Å². The van der Waals surface area contributed by atoms with E-state index in [1.807, 2.05) is 12.1 Å². The highest BCUT2D eigenvalue weighted by Gasteiger charge is 2.31. The van der Waals surface area contributed by atoms with Crippen LogP contribution >= 0.6 is 15.9 Å². The van der Waals surface area contributed by atoms with Crippen molar-refractivity contribution in [1.82, 2.24) is 10.2 Å². The molecule has 3 amide bonds. The van der Waals surface area contributed by atoms with Gasteiger partial charge in [0.2, 0.25) is 0 Å². The SMILES string of the molecule is CCN1C(=O)N/C(=C/c2ccc(OC)c(Br)c2)C1=O. The van der Waals surface area contributed by atoms with E-state index >= 15 is 0 Å². The average molecular weight is 325 g/mol. The fraction of sp³-hybridized carbons (Fsp3) is 0.231. The number of urea groups is 1. The molecule has 0 spiro atoms. The molecular formula is C13H13BrN2O3. The standard InChI is InChI=1S/C13H13BrN2O3/c1-3-16-12(17)10(15-13(16)18)7-8-4-5-11(19-2)9(14)6-8/h4-7H,3H2,1-2H3,(H,15,18)/b10-7+. The van der Waals surface area contributed by atoms with Gasteiger partial charge in [0.1, 0.15) is 11.4 Å². The van der Waals surface area contributed by atoms with E-state index in [4.69, 9.17) is 4.74 Å². The lowest BCUT2D eigenvalue weighted by atomic mass is 10.2. The van der Waals surface area contributed by atoms with E-state index in [0.717, 1.165) is 14.9 Å². The summed E-state index contributed by atoms with van der Waals surface area (Å²) in [5, 5.41) is 2.55. The van der Waals surface area contributed by atoms with Crippen LogP contribution in [-0.2, 0) is 4.79 Å². The molecule has 0 saturated carbocycles. The zero-order valence-corrected chi connectivity index (χ0v) is 12.2. The second-order valence-electron chi connectivity index (χ2n) is 3.93. The first-order valence-electron chi connectivity index (χ1n) is 5.75. The Morgan fingerprint density at radius 1 is 1.42 bits per heavy atom. The van der Waals surface area contributed by atoms with Crippen molar-refractivity contribution >= 4 is 33.9 Å². The van der Waals surface area contributed by atoms with Crippen LogP contribution in [-0.4, -0.2) is 30.5 Å². The van der Waals surface area contributed by atoms with Crippen molar-refractivity contribution < 1.29 is 14.3 Å². The molecule has 0 radical (unpaired) electrons. The number of hydrogen-bond acceptors (Lipinski definition) is 3. The van der Waals surface area contributed by atoms with Crippen molar-refractivity contribution in [3.63, 3.8) is 0 Å². The Balaban J connectivity index is 2.30. The molecule has 1 aromatic carbocycles. The van der Waals surface area contributed by atoms with Gasteiger partial charge in [-0.3, -0.25) is 9.69 Å². The Labute approximate surface area is 119 Å². The van der Waals surface area contributed by atoms with Crippen molar-refractivity contribution in [3.05, 3.63) is 33.9 Å². The van der Waals surface area contributed by atoms with Crippen LogP contribution in [0.25, 0.3) is 6.08 Å². The summed E-state index contributed by atoms with van der Waals surface area (Å²) in [6, 6.07) is 5.03. The molecule has 1 aliphatic heterocycles. The lowest BCUT2D eigenvalue weighted by Crippen LogP contribution is -2.30. The third-order valence-corrected chi connectivity index (χ3v) is 3.39.